The number of pyridine rings is 1. The van der Waals surface area contributed by atoms with Crippen molar-refractivity contribution in [1.82, 2.24) is 9.97 Å². The van der Waals surface area contributed by atoms with E-state index in [0.717, 1.165) is 42.0 Å². The maximum Gasteiger partial charge on any atom is 0.374 e. The van der Waals surface area contributed by atoms with E-state index in [9.17, 15) is 4.79 Å². The van der Waals surface area contributed by atoms with Crippen molar-refractivity contribution in [3.63, 3.8) is 0 Å². The minimum Gasteiger partial charge on any atom is -0.431 e. The summed E-state index contributed by atoms with van der Waals surface area (Å²) in [5.41, 5.74) is 4.10. The van der Waals surface area contributed by atoms with Crippen LogP contribution in [0.5, 0.6) is 0 Å². The summed E-state index contributed by atoms with van der Waals surface area (Å²) in [6.45, 7) is 1.48. The Morgan fingerprint density at radius 1 is 1.10 bits per heavy atom. The molecule has 8 heteroatoms. The van der Waals surface area contributed by atoms with Gasteiger partial charge >= 0.3 is 6.92 Å². The molecule has 3 radical (unpaired) electrons. The highest BCUT2D eigenvalue weighted by Gasteiger charge is 2.26. The van der Waals surface area contributed by atoms with Crippen molar-refractivity contribution in [2.24, 2.45) is 0 Å². The molecule has 0 unspecified atom stereocenters. The molecule has 0 aliphatic carbocycles. The van der Waals surface area contributed by atoms with Crippen molar-refractivity contribution in [1.29, 1.82) is 0 Å². The second kappa shape index (κ2) is 8.86. The van der Waals surface area contributed by atoms with Gasteiger partial charge < -0.3 is 14.4 Å². The van der Waals surface area contributed by atoms with Crippen LogP contribution in [0.25, 0.3) is 33.1 Å². The number of halogens is 2. The van der Waals surface area contributed by atoms with Gasteiger partial charge in [-0.05, 0) is 42.7 Å². The van der Waals surface area contributed by atoms with Crippen LogP contribution in [0.2, 0.25) is 6.32 Å². The van der Waals surface area contributed by atoms with Crippen LogP contribution in [0.1, 0.15) is 17.3 Å². The number of benzene rings is 2. The van der Waals surface area contributed by atoms with Gasteiger partial charge in [0.05, 0.1) is 11.2 Å². The third-order valence-electron chi connectivity index (χ3n) is 4.90. The molecule has 0 bridgehead atoms. The normalized spacial score (nSPS) is 10.9. The van der Waals surface area contributed by atoms with E-state index < -0.39 is 6.92 Å². The van der Waals surface area contributed by atoms with Crippen molar-refractivity contribution in [3.8, 4) is 11.3 Å². The number of carbonyl (C=O) groups is 1. The first-order valence-electron chi connectivity index (χ1n) is 8.96. The minimum atomic E-state index is -0.473. The Kier molecular flexibility index (Phi) is 6.66. The number of nitrogens with zero attached hydrogens (tertiary/aromatic N) is 1. The third kappa shape index (κ3) is 4.06. The van der Waals surface area contributed by atoms with Crippen molar-refractivity contribution >= 4 is 74.7 Å². The molecule has 4 rings (SSSR count). The standard InChI is InChI=1S/C21H17BBr2N2O2.B/c1-3-22(28-2)21(27)16-10-20(26-19-9-13(24)4-6-14(16)19)17-11-25-18-7-5-12(23)8-15(17)18;/h4-11,25H,3H2,1-2H3;. The van der Waals surface area contributed by atoms with Gasteiger partial charge in [0.15, 0.2) is 5.68 Å². The van der Waals surface area contributed by atoms with E-state index in [0.29, 0.717) is 11.9 Å². The van der Waals surface area contributed by atoms with Crippen LogP contribution in [0.3, 0.4) is 0 Å². The molecular formula is C21H17B2Br2N2O2. The molecule has 0 fully saturated rings. The monoisotopic (exact) mass is 509 g/mol. The lowest BCUT2D eigenvalue weighted by atomic mass is 9.58. The van der Waals surface area contributed by atoms with Gasteiger partial charge in [0.25, 0.3) is 0 Å². The summed E-state index contributed by atoms with van der Waals surface area (Å²) in [5.74, 6) is 0. The van der Waals surface area contributed by atoms with Crippen molar-refractivity contribution < 1.29 is 9.45 Å². The molecule has 0 aliphatic heterocycles. The number of aromatic nitrogens is 2. The average molecular weight is 511 g/mol. The van der Waals surface area contributed by atoms with Crippen LogP contribution >= 0.6 is 31.9 Å². The molecule has 4 aromatic rings. The third-order valence-corrected chi connectivity index (χ3v) is 5.89. The Balaban J connectivity index is 0.00000240. The molecule has 29 heavy (non-hydrogen) atoms. The number of carbonyl (C=O) groups excluding carboxylic acids is 1. The molecule has 0 atom stereocenters. The van der Waals surface area contributed by atoms with Gasteiger partial charge in [-0.25, -0.2) is 4.98 Å². The summed E-state index contributed by atoms with van der Waals surface area (Å²) in [6.07, 6.45) is 2.55. The van der Waals surface area contributed by atoms with Gasteiger partial charge in [0, 0.05) is 58.1 Å². The van der Waals surface area contributed by atoms with E-state index in [-0.39, 0.29) is 14.1 Å². The number of aromatic amines is 1. The lowest BCUT2D eigenvalue weighted by Gasteiger charge is -2.12. The smallest absolute Gasteiger partial charge is 0.374 e. The molecule has 1 N–H and O–H groups in total. The van der Waals surface area contributed by atoms with E-state index >= 15 is 0 Å². The second-order valence-electron chi connectivity index (χ2n) is 6.61. The molecule has 0 saturated carbocycles. The second-order valence-corrected chi connectivity index (χ2v) is 8.44. The fraction of sp³-hybridized carbons (Fsp3) is 0.143. The summed E-state index contributed by atoms with van der Waals surface area (Å²) < 4.78 is 7.32. The predicted octanol–water partition coefficient (Wildman–Crippen LogP) is 5.91. The highest BCUT2D eigenvalue weighted by Crippen LogP contribution is 2.33. The predicted molar refractivity (Wildman–Crippen MR) is 128 cm³/mol. The maximum absolute atomic E-state index is 13.2. The quantitative estimate of drug-likeness (QED) is 0.340. The van der Waals surface area contributed by atoms with Gasteiger partial charge in [-0.3, -0.25) is 0 Å². The first-order chi connectivity index (χ1) is 13.5. The van der Waals surface area contributed by atoms with Gasteiger partial charge in [-0.15, -0.1) is 0 Å². The molecule has 143 valence electrons. The number of fused-ring (bicyclic) bond motifs is 2. The number of hydrogen-bond acceptors (Lipinski definition) is 3. The lowest BCUT2D eigenvalue weighted by molar-refractivity contribution is 0.105. The Bertz CT molecular complexity index is 1210. The number of nitrogens with one attached hydrogen (secondary N) is 1. The molecule has 0 saturated heterocycles. The number of rotatable bonds is 5. The van der Waals surface area contributed by atoms with Gasteiger partial charge in [0.2, 0.25) is 0 Å². The zero-order valence-corrected chi connectivity index (χ0v) is 19.2. The fourth-order valence-electron chi connectivity index (χ4n) is 3.48. The van der Waals surface area contributed by atoms with Crippen LogP contribution in [0.15, 0.2) is 57.6 Å². The SMILES string of the molecule is CCB(OC)C(=O)c1cc(-c2c[nH]c3ccc(Br)cc23)nc2cc(Br)ccc12.[B]. The van der Waals surface area contributed by atoms with E-state index in [1.165, 1.54) is 0 Å². The van der Waals surface area contributed by atoms with Crippen LogP contribution < -0.4 is 0 Å². The van der Waals surface area contributed by atoms with E-state index in [2.05, 4.69) is 42.9 Å². The topological polar surface area (TPSA) is 55.0 Å². The Morgan fingerprint density at radius 3 is 2.55 bits per heavy atom. The summed E-state index contributed by atoms with van der Waals surface area (Å²) in [7, 11) is 1.57. The highest BCUT2D eigenvalue weighted by molar-refractivity contribution is 9.10. The van der Waals surface area contributed by atoms with Gasteiger partial charge in [0.1, 0.15) is 0 Å². The van der Waals surface area contributed by atoms with Gasteiger partial charge in [-0.2, -0.15) is 0 Å². The average Bonchev–Trinajstić information content (AvgIpc) is 3.10. The largest absolute Gasteiger partial charge is 0.431 e. The van der Waals surface area contributed by atoms with Crippen LogP contribution in [0.4, 0.5) is 0 Å². The Hall–Kier alpha value is -1.89. The molecular weight excluding hydrogens is 494 g/mol. The number of hydrogen-bond donors (Lipinski definition) is 1. The zero-order valence-electron chi connectivity index (χ0n) is 16.0. The van der Waals surface area contributed by atoms with E-state index in [1.807, 2.05) is 49.5 Å². The van der Waals surface area contributed by atoms with E-state index in [1.54, 1.807) is 7.11 Å². The van der Waals surface area contributed by atoms with Crippen molar-refractivity contribution in [3.05, 3.63) is 63.2 Å². The molecule has 4 nitrogen and oxygen atoms in total. The lowest BCUT2D eigenvalue weighted by Crippen LogP contribution is -2.27. The first-order valence-corrected chi connectivity index (χ1v) is 10.5. The molecule has 0 spiro atoms. The summed E-state index contributed by atoms with van der Waals surface area (Å²) in [4.78, 5) is 21.3. The molecule has 2 heterocycles. The van der Waals surface area contributed by atoms with Crippen LogP contribution in [0, 0.1) is 0 Å². The summed E-state index contributed by atoms with van der Waals surface area (Å²) in [6, 6.07) is 13.7. The van der Waals surface area contributed by atoms with E-state index in [4.69, 9.17) is 9.64 Å². The first kappa shape index (κ1) is 21.8. The highest BCUT2D eigenvalue weighted by atomic mass is 79.9. The molecule has 2 aromatic carbocycles. The maximum atomic E-state index is 13.2. The number of H-pyrrole nitrogens is 1. The van der Waals surface area contributed by atoms with Crippen molar-refractivity contribution in [2.45, 2.75) is 13.2 Å². The summed E-state index contributed by atoms with van der Waals surface area (Å²) in [5, 5.41) is 1.88. The van der Waals surface area contributed by atoms with Crippen molar-refractivity contribution in [2.75, 3.05) is 7.11 Å². The van der Waals surface area contributed by atoms with Gasteiger partial charge in [-0.1, -0.05) is 44.8 Å². The molecule has 2 aromatic heterocycles. The van der Waals surface area contributed by atoms with Crippen LogP contribution in [-0.4, -0.2) is 38.1 Å². The molecule has 0 amide bonds. The fourth-order valence-corrected chi connectivity index (χ4v) is 4.19. The molecule has 0 aliphatic rings. The van der Waals surface area contributed by atoms with Crippen LogP contribution in [-0.2, 0) is 4.65 Å². The Labute approximate surface area is 188 Å². The minimum absolute atomic E-state index is 0. The Morgan fingerprint density at radius 2 is 1.83 bits per heavy atom. The summed E-state index contributed by atoms with van der Waals surface area (Å²) >= 11 is 7.05. The zero-order chi connectivity index (χ0) is 19.8.